The summed E-state index contributed by atoms with van der Waals surface area (Å²) in [5.74, 6) is 0.799. The Morgan fingerprint density at radius 2 is 1.83 bits per heavy atom. The molecule has 5 heteroatoms. The van der Waals surface area contributed by atoms with Crippen molar-refractivity contribution in [3.8, 4) is 0 Å². The van der Waals surface area contributed by atoms with Gasteiger partial charge in [-0.15, -0.1) is 11.8 Å². The van der Waals surface area contributed by atoms with Crippen molar-refractivity contribution in [3.63, 3.8) is 0 Å². The number of carbonyl (C=O) groups excluding carboxylic acids is 1. The van der Waals surface area contributed by atoms with Crippen LogP contribution in [0.1, 0.15) is 12.0 Å². The van der Waals surface area contributed by atoms with Crippen LogP contribution in [0.25, 0.3) is 0 Å². The molecule has 2 aromatic rings. The van der Waals surface area contributed by atoms with E-state index in [-0.39, 0.29) is 5.91 Å². The first-order valence-corrected chi connectivity index (χ1v) is 8.87. The zero-order valence-corrected chi connectivity index (χ0v) is 14.4. The lowest BCUT2D eigenvalue weighted by Crippen LogP contribution is -2.27. The van der Waals surface area contributed by atoms with E-state index in [2.05, 4.69) is 5.32 Å². The Morgan fingerprint density at radius 1 is 1.09 bits per heavy atom. The summed E-state index contributed by atoms with van der Waals surface area (Å²) in [7, 11) is 0. The Balaban J connectivity index is 1.51. The molecule has 0 spiro atoms. The van der Waals surface area contributed by atoms with Crippen LogP contribution in [-0.2, 0) is 16.1 Å². The van der Waals surface area contributed by atoms with Gasteiger partial charge in [0.1, 0.15) is 0 Å². The molecule has 0 radical (unpaired) electrons. The average molecular weight is 350 g/mol. The van der Waals surface area contributed by atoms with Crippen LogP contribution < -0.4 is 5.32 Å². The van der Waals surface area contributed by atoms with Gasteiger partial charge in [0, 0.05) is 28.6 Å². The number of thioether (sulfide) groups is 1. The van der Waals surface area contributed by atoms with Gasteiger partial charge in [0.05, 0.1) is 13.2 Å². The van der Waals surface area contributed by atoms with Gasteiger partial charge in [0.25, 0.3) is 0 Å². The van der Waals surface area contributed by atoms with E-state index in [1.807, 2.05) is 54.6 Å². The van der Waals surface area contributed by atoms with Crippen molar-refractivity contribution in [2.45, 2.75) is 17.9 Å². The van der Waals surface area contributed by atoms with E-state index >= 15 is 0 Å². The third-order valence-electron chi connectivity index (χ3n) is 3.09. The highest BCUT2D eigenvalue weighted by Gasteiger charge is 2.02. The van der Waals surface area contributed by atoms with E-state index < -0.39 is 0 Å². The summed E-state index contributed by atoms with van der Waals surface area (Å²) in [4.78, 5) is 12.8. The maximum Gasteiger partial charge on any atom is 0.220 e. The van der Waals surface area contributed by atoms with Crippen molar-refractivity contribution >= 4 is 29.3 Å². The van der Waals surface area contributed by atoms with Crippen molar-refractivity contribution in [1.29, 1.82) is 0 Å². The zero-order valence-electron chi connectivity index (χ0n) is 12.8. The third kappa shape index (κ3) is 7.55. The van der Waals surface area contributed by atoms with Crippen LogP contribution in [0.2, 0.25) is 5.02 Å². The van der Waals surface area contributed by atoms with Crippen molar-refractivity contribution in [3.05, 3.63) is 65.2 Å². The Bertz CT molecular complexity index is 590. The first-order chi connectivity index (χ1) is 11.2. The Hall–Kier alpha value is -1.49. The largest absolute Gasteiger partial charge is 0.375 e. The molecular formula is C18H20ClNO2S. The molecule has 0 aliphatic carbocycles. The van der Waals surface area contributed by atoms with Gasteiger partial charge in [-0.2, -0.15) is 0 Å². The molecule has 0 atom stereocenters. The monoisotopic (exact) mass is 349 g/mol. The van der Waals surface area contributed by atoms with Crippen LogP contribution in [-0.4, -0.2) is 24.8 Å². The molecule has 2 aromatic carbocycles. The van der Waals surface area contributed by atoms with Crippen LogP contribution in [0.4, 0.5) is 0 Å². The predicted octanol–water partition coefficient (Wildman–Crippen LogP) is 4.16. The molecule has 23 heavy (non-hydrogen) atoms. The van der Waals surface area contributed by atoms with Gasteiger partial charge in [-0.05, 0) is 29.8 Å². The number of ether oxygens (including phenoxy) is 1. The molecule has 0 saturated carbocycles. The quantitative estimate of drug-likeness (QED) is 0.546. The molecule has 0 bridgehead atoms. The highest BCUT2D eigenvalue weighted by molar-refractivity contribution is 7.99. The first-order valence-electron chi connectivity index (χ1n) is 7.51. The summed E-state index contributed by atoms with van der Waals surface area (Å²) in [5, 5.41) is 3.59. The Kier molecular flexibility index (Phi) is 8.01. The lowest BCUT2D eigenvalue weighted by molar-refractivity contribution is -0.120. The molecule has 0 aliphatic rings. The van der Waals surface area contributed by atoms with E-state index in [1.54, 1.807) is 11.8 Å². The minimum Gasteiger partial charge on any atom is -0.375 e. The third-order valence-corrected chi connectivity index (χ3v) is 4.36. The van der Waals surface area contributed by atoms with E-state index in [0.717, 1.165) is 21.2 Å². The number of nitrogens with one attached hydrogen (secondary N) is 1. The van der Waals surface area contributed by atoms with Gasteiger partial charge in [-0.1, -0.05) is 41.9 Å². The van der Waals surface area contributed by atoms with Gasteiger partial charge >= 0.3 is 0 Å². The molecule has 3 nitrogen and oxygen atoms in total. The zero-order chi connectivity index (χ0) is 16.3. The second-order valence-corrected chi connectivity index (χ2v) is 6.55. The van der Waals surface area contributed by atoms with Crippen LogP contribution in [0, 0.1) is 0 Å². The number of hydrogen-bond donors (Lipinski definition) is 1. The number of benzene rings is 2. The normalized spacial score (nSPS) is 10.5. The summed E-state index contributed by atoms with van der Waals surface area (Å²) in [6.07, 6.45) is 0.492. The van der Waals surface area contributed by atoms with E-state index in [0.29, 0.717) is 26.2 Å². The highest BCUT2D eigenvalue weighted by atomic mass is 35.5. The second-order valence-electron chi connectivity index (χ2n) is 4.94. The number of rotatable bonds is 9. The fourth-order valence-electron chi connectivity index (χ4n) is 1.91. The molecule has 122 valence electrons. The molecule has 0 unspecified atom stereocenters. The number of hydrogen-bond acceptors (Lipinski definition) is 3. The molecule has 0 aliphatic heterocycles. The molecule has 1 N–H and O–H groups in total. The summed E-state index contributed by atoms with van der Waals surface area (Å²) in [5.41, 5.74) is 1.14. The fourth-order valence-corrected chi connectivity index (χ4v) is 2.89. The van der Waals surface area contributed by atoms with Gasteiger partial charge < -0.3 is 10.1 Å². The molecule has 0 heterocycles. The minimum atomic E-state index is 0.0507. The molecule has 1 amide bonds. The van der Waals surface area contributed by atoms with Crippen molar-refractivity contribution in [1.82, 2.24) is 5.32 Å². The highest BCUT2D eigenvalue weighted by Crippen LogP contribution is 2.20. The SMILES string of the molecule is O=C(CCSc1ccc(Cl)cc1)NCCOCc1ccccc1. The standard InChI is InChI=1S/C18H20ClNO2S/c19-16-6-8-17(9-7-16)23-13-10-18(21)20-11-12-22-14-15-4-2-1-3-5-15/h1-9H,10-14H2,(H,20,21). The maximum absolute atomic E-state index is 11.7. The van der Waals surface area contributed by atoms with Crippen LogP contribution in [0.5, 0.6) is 0 Å². The molecule has 0 fully saturated rings. The summed E-state index contributed by atoms with van der Waals surface area (Å²) < 4.78 is 5.52. The van der Waals surface area contributed by atoms with Crippen LogP contribution >= 0.6 is 23.4 Å². The molecular weight excluding hydrogens is 330 g/mol. The summed E-state index contributed by atoms with van der Waals surface area (Å²) >= 11 is 7.48. The lowest BCUT2D eigenvalue weighted by atomic mass is 10.2. The van der Waals surface area contributed by atoms with Crippen LogP contribution in [0.15, 0.2) is 59.5 Å². The van der Waals surface area contributed by atoms with Crippen molar-refractivity contribution in [2.24, 2.45) is 0 Å². The number of carbonyl (C=O) groups is 1. The fraction of sp³-hybridized carbons (Fsp3) is 0.278. The van der Waals surface area contributed by atoms with Crippen molar-refractivity contribution < 1.29 is 9.53 Å². The second kappa shape index (κ2) is 10.3. The summed E-state index contributed by atoms with van der Waals surface area (Å²) in [6, 6.07) is 17.6. The van der Waals surface area contributed by atoms with E-state index in [9.17, 15) is 4.79 Å². The first kappa shape index (κ1) is 17.9. The molecule has 2 rings (SSSR count). The summed E-state index contributed by atoms with van der Waals surface area (Å²) in [6.45, 7) is 1.63. The topological polar surface area (TPSA) is 38.3 Å². The molecule has 0 saturated heterocycles. The predicted molar refractivity (Wildman–Crippen MR) is 95.9 cm³/mol. The van der Waals surface area contributed by atoms with E-state index in [1.165, 1.54) is 0 Å². The maximum atomic E-state index is 11.7. The van der Waals surface area contributed by atoms with E-state index in [4.69, 9.17) is 16.3 Å². The van der Waals surface area contributed by atoms with Crippen molar-refractivity contribution in [2.75, 3.05) is 18.9 Å². The lowest BCUT2D eigenvalue weighted by Gasteiger charge is -2.07. The van der Waals surface area contributed by atoms with Crippen LogP contribution in [0.3, 0.4) is 0 Å². The minimum absolute atomic E-state index is 0.0507. The van der Waals surface area contributed by atoms with Gasteiger partial charge in [0.15, 0.2) is 0 Å². The smallest absolute Gasteiger partial charge is 0.220 e. The molecule has 0 aromatic heterocycles. The van der Waals surface area contributed by atoms with Gasteiger partial charge in [-0.3, -0.25) is 4.79 Å². The Labute approximate surface area is 146 Å². The van der Waals surface area contributed by atoms with Gasteiger partial charge in [0.2, 0.25) is 5.91 Å². The Morgan fingerprint density at radius 3 is 2.57 bits per heavy atom. The van der Waals surface area contributed by atoms with Gasteiger partial charge in [-0.25, -0.2) is 0 Å². The average Bonchev–Trinajstić information content (AvgIpc) is 2.57. The number of amides is 1. The number of halogens is 1.